The molecule has 0 bridgehead atoms. The Morgan fingerprint density at radius 1 is 0.750 bits per heavy atom. The molecule has 32 heavy (non-hydrogen) atoms. The fourth-order valence-corrected chi connectivity index (χ4v) is 2.32. The fourth-order valence-electron chi connectivity index (χ4n) is 2.32. The van der Waals surface area contributed by atoms with Gasteiger partial charge in [-0.05, 0) is 38.8 Å². The van der Waals surface area contributed by atoms with Gasteiger partial charge in [-0.1, -0.05) is 39.1 Å². The summed E-state index contributed by atoms with van der Waals surface area (Å²) in [4.78, 5) is 48.5. The first-order valence-electron chi connectivity index (χ1n) is 10.3. The van der Waals surface area contributed by atoms with Crippen molar-refractivity contribution in [2.75, 3.05) is 13.2 Å². The molecule has 0 aliphatic heterocycles. The average molecular weight is 446 g/mol. The van der Waals surface area contributed by atoms with Gasteiger partial charge in [-0.15, -0.1) is 0 Å². The van der Waals surface area contributed by atoms with Crippen LogP contribution in [-0.2, 0) is 28.5 Å². The van der Waals surface area contributed by atoms with E-state index >= 15 is 0 Å². The topological polar surface area (TPSA) is 105 Å². The van der Waals surface area contributed by atoms with Crippen molar-refractivity contribution in [3.05, 3.63) is 59.7 Å². The maximum Gasteiger partial charge on any atom is 0.339 e. The van der Waals surface area contributed by atoms with Crippen molar-refractivity contribution < 1.29 is 38.1 Å². The van der Waals surface area contributed by atoms with Crippen LogP contribution in [-0.4, -0.2) is 49.3 Å². The summed E-state index contributed by atoms with van der Waals surface area (Å²) in [5.41, 5.74) is 0.490. The Kier molecular flexibility index (Phi) is 10.9. The van der Waals surface area contributed by atoms with Crippen LogP contribution in [0.4, 0.5) is 0 Å². The number of benzene rings is 1. The Morgan fingerprint density at radius 2 is 1.09 bits per heavy atom. The van der Waals surface area contributed by atoms with E-state index in [2.05, 4.69) is 13.2 Å². The van der Waals surface area contributed by atoms with Gasteiger partial charge in [0.2, 0.25) is 0 Å². The van der Waals surface area contributed by atoms with Gasteiger partial charge in [0.15, 0.2) is 0 Å². The number of rotatable bonds is 12. The van der Waals surface area contributed by atoms with Gasteiger partial charge in [0.05, 0.1) is 11.1 Å². The minimum absolute atomic E-state index is 0.0101. The van der Waals surface area contributed by atoms with E-state index in [9.17, 15) is 19.2 Å². The zero-order valence-corrected chi connectivity index (χ0v) is 19.0. The van der Waals surface area contributed by atoms with Crippen molar-refractivity contribution in [3.8, 4) is 0 Å². The molecule has 0 amide bonds. The molecule has 0 fully saturated rings. The summed E-state index contributed by atoms with van der Waals surface area (Å²) in [6.07, 6.45) is -0.596. The maximum atomic E-state index is 12.7. The summed E-state index contributed by atoms with van der Waals surface area (Å²) < 4.78 is 20.9. The molecule has 8 nitrogen and oxygen atoms in total. The first kappa shape index (κ1) is 26.6. The predicted octanol–water partition coefficient (Wildman–Crippen LogP) is 3.80. The van der Waals surface area contributed by atoms with Crippen LogP contribution in [0, 0.1) is 0 Å². The molecule has 0 spiro atoms. The van der Waals surface area contributed by atoms with Crippen molar-refractivity contribution >= 4 is 23.9 Å². The first-order chi connectivity index (χ1) is 15.1. The molecule has 0 saturated carbocycles. The average Bonchev–Trinajstić information content (AvgIpc) is 2.78. The number of esters is 4. The molecular formula is C24H30O8. The highest BCUT2D eigenvalue weighted by molar-refractivity contribution is 6.03. The summed E-state index contributed by atoms with van der Waals surface area (Å²) in [5.74, 6) is -2.67. The summed E-state index contributed by atoms with van der Waals surface area (Å²) in [6.45, 7) is 13.3. The standard InChI is InChI=1S/C24H30O8/c1-7-17(13-29-21(25)15(3)4)31-23(27)19-11-9-10-12-20(19)24(28)32-18(8-2)14-30-22(26)16(5)6/h9-12,17-18H,3,5,7-8,13-14H2,1-2,4,6H3. The van der Waals surface area contributed by atoms with E-state index in [1.165, 1.54) is 26.0 Å². The lowest BCUT2D eigenvalue weighted by Crippen LogP contribution is -2.27. The van der Waals surface area contributed by atoms with Crippen LogP contribution in [0.5, 0.6) is 0 Å². The molecule has 1 aromatic rings. The minimum atomic E-state index is -0.752. The fraction of sp³-hybridized carbons (Fsp3) is 0.417. The van der Waals surface area contributed by atoms with Gasteiger partial charge in [-0.2, -0.15) is 0 Å². The minimum Gasteiger partial charge on any atom is -0.458 e. The SMILES string of the molecule is C=C(C)C(=O)OCC(CC)OC(=O)c1ccccc1C(=O)OC(CC)COC(=O)C(=C)C. The molecule has 0 aromatic heterocycles. The van der Waals surface area contributed by atoms with Gasteiger partial charge >= 0.3 is 23.9 Å². The number of hydrogen-bond acceptors (Lipinski definition) is 8. The van der Waals surface area contributed by atoms with E-state index in [1.54, 1.807) is 26.0 Å². The number of hydrogen-bond donors (Lipinski definition) is 0. The van der Waals surface area contributed by atoms with E-state index in [-0.39, 0.29) is 35.5 Å². The van der Waals surface area contributed by atoms with E-state index < -0.39 is 36.1 Å². The van der Waals surface area contributed by atoms with Crippen LogP contribution in [0.25, 0.3) is 0 Å². The van der Waals surface area contributed by atoms with Crippen molar-refractivity contribution in [1.82, 2.24) is 0 Å². The molecule has 174 valence electrons. The molecule has 8 heteroatoms. The van der Waals surface area contributed by atoms with Crippen molar-refractivity contribution in [2.24, 2.45) is 0 Å². The molecule has 0 aliphatic rings. The zero-order valence-electron chi connectivity index (χ0n) is 19.0. The lowest BCUT2D eigenvalue weighted by atomic mass is 10.1. The predicted molar refractivity (Wildman–Crippen MR) is 117 cm³/mol. The van der Waals surface area contributed by atoms with Gasteiger partial charge in [-0.25, -0.2) is 19.2 Å². The third-order valence-electron chi connectivity index (χ3n) is 4.32. The quantitative estimate of drug-likeness (QED) is 0.271. The van der Waals surface area contributed by atoms with Gasteiger partial charge in [0.25, 0.3) is 0 Å². The summed E-state index contributed by atoms with van der Waals surface area (Å²) in [5, 5.41) is 0. The van der Waals surface area contributed by atoms with Crippen LogP contribution in [0.1, 0.15) is 61.3 Å². The van der Waals surface area contributed by atoms with Gasteiger partial charge in [-0.3, -0.25) is 0 Å². The number of ether oxygens (including phenoxy) is 4. The Balaban J connectivity index is 2.86. The molecular weight excluding hydrogens is 416 g/mol. The largest absolute Gasteiger partial charge is 0.458 e. The molecule has 2 atom stereocenters. The smallest absolute Gasteiger partial charge is 0.339 e. The van der Waals surface area contributed by atoms with Crippen LogP contribution in [0.3, 0.4) is 0 Å². The van der Waals surface area contributed by atoms with Gasteiger partial charge < -0.3 is 18.9 Å². The monoisotopic (exact) mass is 446 g/mol. The second-order valence-electron chi connectivity index (χ2n) is 7.17. The lowest BCUT2D eigenvalue weighted by Gasteiger charge is -2.19. The van der Waals surface area contributed by atoms with E-state index in [4.69, 9.17) is 18.9 Å². The highest BCUT2D eigenvalue weighted by atomic mass is 16.6. The zero-order chi connectivity index (χ0) is 24.3. The van der Waals surface area contributed by atoms with E-state index in [0.717, 1.165) is 0 Å². The van der Waals surface area contributed by atoms with Crippen molar-refractivity contribution in [3.63, 3.8) is 0 Å². The van der Waals surface area contributed by atoms with E-state index in [0.29, 0.717) is 12.8 Å². The highest BCUT2D eigenvalue weighted by Gasteiger charge is 2.24. The van der Waals surface area contributed by atoms with Crippen molar-refractivity contribution in [2.45, 2.75) is 52.7 Å². The summed E-state index contributed by atoms with van der Waals surface area (Å²) >= 11 is 0. The molecule has 0 heterocycles. The number of carbonyl (C=O) groups excluding carboxylic acids is 4. The second kappa shape index (κ2) is 13.1. The van der Waals surface area contributed by atoms with E-state index in [1.807, 2.05) is 0 Å². The van der Waals surface area contributed by atoms with Crippen LogP contribution >= 0.6 is 0 Å². The number of carbonyl (C=O) groups is 4. The highest BCUT2D eigenvalue weighted by Crippen LogP contribution is 2.16. The van der Waals surface area contributed by atoms with Crippen molar-refractivity contribution in [1.29, 1.82) is 0 Å². The Morgan fingerprint density at radius 3 is 1.38 bits per heavy atom. The van der Waals surface area contributed by atoms with Crippen LogP contribution in [0.2, 0.25) is 0 Å². The molecule has 2 unspecified atom stereocenters. The Hall–Kier alpha value is -3.42. The van der Waals surface area contributed by atoms with Gasteiger partial charge in [0, 0.05) is 11.1 Å². The summed E-state index contributed by atoms with van der Waals surface area (Å²) in [6, 6.07) is 6.05. The molecule has 0 N–H and O–H groups in total. The third-order valence-corrected chi connectivity index (χ3v) is 4.32. The second-order valence-corrected chi connectivity index (χ2v) is 7.17. The van der Waals surface area contributed by atoms with Crippen LogP contribution < -0.4 is 0 Å². The molecule has 0 radical (unpaired) electrons. The van der Waals surface area contributed by atoms with Crippen LogP contribution in [0.15, 0.2) is 48.6 Å². The molecule has 0 saturated heterocycles. The molecule has 1 aromatic carbocycles. The normalized spacial score (nSPS) is 12.1. The lowest BCUT2D eigenvalue weighted by molar-refractivity contribution is -0.142. The summed E-state index contributed by atoms with van der Waals surface area (Å²) in [7, 11) is 0. The van der Waals surface area contributed by atoms with Gasteiger partial charge in [0.1, 0.15) is 25.4 Å². The first-order valence-corrected chi connectivity index (χ1v) is 10.3. The Bertz CT molecular complexity index is 800. The maximum absolute atomic E-state index is 12.7. The third kappa shape index (κ3) is 8.37. The Labute approximate surface area is 188 Å². The molecule has 0 aliphatic carbocycles. The molecule has 1 rings (SSSR count).